The van der Waals surface area contributed by atoms with Crippen molar-refractivity contribution in [3.8, 4) is 0 Å². The fourth-order valence-electron chi connectivity index (χ4n) is 6.59. The minimum atomic E-state index is -0.676. The van der Waals surface area contributed by atoms with Gasteiger partial charge in [0, 0.05) is 6.42 Å². The van der Waals surface area contributed by atoms with Crippen molar-refractivity contribution in [2.24, 2.45) is 23.2 Å². The Morgan fingerprint density at radius 3 is 2.83 bits per heavy atom. The molecule has 0 amide bonds. The molecule has 0 radical (unpaired) electrons. The number of allylic oxidation sites excluding steroid dienone is 3. The Kier molecular flexibility index (Phi) is 4.03. The maximum atomic E-state index is 11.8. The molecule has 0 spiro atoms. The number of rotatable bonds is 3. The molecular weight excluding hydrogens is 296 g/mol. The molecule has 24 heavy (non-hydrogen) atoms. The van der Waals surface area contributed by atoms with Crippen LogP contribution in [0.3, 0.4) is 0 Å². The summed E-state index contributed by atoms with van der Waals surface area (Å²) in [5.41, 5.74) is 2.46. The molecule has 4 aliphatic carbocycles. The summed E-state index contributed by atoms with van der Waals surface area (Å²) in [4.78, 5) is 11.8. The fraction of sp³-hybridized carbons (Fsp3) is 0.773. The molecule has 2 heteroatoms. The number of hydrogen-bond donors (Lipinski definition) is 1. The van der Waals surface area contributed by atoms with E-state index in [1.807, 2.05) is 0 Å². The van der Waals surface area contributed by atoms with Gasteiger partial charge < -0.3 is 5.11 Å². The van der Waals surface area contributed by atoms with Crippen LogP contribution in [0.5, 0.6) is 0 Å². The Morgan fingerprint density at radius 1 is 1.21 bits per heavy atom. The first-order valence-electron chi connectivity index (χ1n) is 10.1. The number of fused-ring (bicyclic) bond motifs is 5. The van der Waals surface area contributed by atoms with Crippen molar-refractivity contribution in [1.82, 2.24) is 0 Å². The third-order valence-corrected chi connectivity index (χ3v) is 7.98. The fourth-order valence-corrected chi connectivity index (χ4v) is 6.59. The number of carbonyl (C=O) groups excluding carboxylic acids is 1. The molecule has 0 aromatic heterocycles. The van der Waals surface area contributed by atoms with Gasteiger partial charge in [-0.05, 0) is 86.2 Å². The van der Waals surface area contributed by atoms with Crippen molar-refractivity contribution in [3.05, 3.63) is 23.3 Å². The van der Waals surface area contributed by atoms with Crippen LogP contribution in [0.15, 0.2) is 23.3 Å². The van der Waals surface area contributed by atoms with E-state index >= 15 is 0 Å². The van der Waals surface area contributed by atoms with Gasteiger partial charge in [-0.3, -0.25) is 4.79 Å². The molecule has 2 nitrogen and oxygen atoms in total. The first-order valence-corrected chi connectivity index (χ1v) is 10.1. The highest BCUT2D eigenvalue weighted by Gasteiger charge is 2.57. The lowest BCUT2D eigenvalue weighted by atomic mass is 9.50. The maximum absolute atomic E-state index is 11.8. The van der Waals surface area contributed by atoms with Crippen molar-refractivity contribution >= 4 is 5.78 Å². The molecule has 0 aromatic carbocycles. The van der Waals surface area contributed by atoms with Crippen LogP contribution in [0.2, 0.25) is 0 Å². The molecule has 4 aliphatic rings. The highest BCUT2D eigenvalue weighted by atomic mass is 16.3. The van der Waals surface area contributed by atoms with Gasteiger partial charge in [0.25, 0.3) is 0 Å². The van der Waals surface area contributed by atoms with E-state index in [1.54, 1.807) is 11.6 Å². The highest BCUT2D eigenvalue weighted by molar-refractivity contribution is 5.92. The minimum absolute atomic E-state index is 0.221. The van der Waals surface area contributed by atoms with Gasteiger partial charge >= 0.3 is 0 Å². The van der Waals surface area contributed by atoms with Crippen molar-refractivity contribution < 1.29 is 9.90 Å². The molecule has 2 saturated carbocycles. The Bertz CT molecular complexity index is 601. The summed E-state index contributed by atoms with van der Waals surface area (Å²) >= 11 is 0. The number of hydrogen-bond acceptors (Lipinski definition) is 2. The molecule has 0 heterocycles. The normalized spacial score (nSPS) is 44.3. The average Bonchev–Trinajstić information content (AvgIpc) is 2.90. The number of ketones is 1. The van der Waals surface area contributed by atoms with Crippen LogP contribution < -0.4 is 0 Å². The molecule has 0 aliphatic heterocycles. The van der Waals surface area contributed by atoms with Gasteiger partial charge in [-0.2, -0.15) is 0 Å². The molecule has 0 aromatic rings. The minimum Gasteiger partial charge on any atom is -0.385 e. The molecule has 1 N–H and O–H groups in total. The third-order valence-electron chi connectivity index (χ3n) is 7.98. The van der Waals surface area contributed by atoms with E-state index in [0.29, 0.717) is 36.0 Å². The Hall–Kier alpha value is -0.890. The van der Waals surface area contributed by atoms with E-state index < -0.39 is 5.60 Å². The van der Waals surface area contributed by atoms with Gasteiger partial charge in [-0.25, -0.2) is 0 Å². The van der Waals surface area contributed by atoms with Crippen LogP contribution in [0.4, 0.5) is 0 Å². The first-order chi connectivity index (χ1) is 11.5. The second kappa shape index (κ2) is 5.83. The van der Waals surface area contributed by atoms with Crippen molar-refractivity contribution in [2.75, 3.05) is 0 Å². The van der Waals surface area contributed by atoms with E-state index in [-0.39, 0.29) is 5.78 Å². The highest BCUT2D eigenvalue weighted by Crippen LogP contribution is 2.63. The Balaban J connectivity index is 1.60. The summed E-state index contributed by atoms with van der Waals surface area (Å²) in [5.74, 6) is 1.95. The largest absolute Gasteiger partial charge is 0.385 e. The lowest BCUT2D eigenvalue weighted by molar-refractivity contribution is -0.124. The summed E-state index contributed by atoms with van der Waals surface area (Å²) < 4.78 is 0. The van der Waals surface area contributed by atoms with Gasteiger partial charge in [-0.1, -0.05) is 31.9 Å². The van der Waals surface area contributed by atoms with Crippen LogP contribution in [-0.2, 0) is 4.79 Å². The monoisotopic (exact) mass is 328 g/mol. The summed E-state index contributed by atoms with van der Waals surface area (Å²) in [6.07, 6.45) is 15.0. The summed E-state index contributed by atoms with van der Waals surface area (Å²) in [6, 6.07) is 0. The number of unbranched alkanes of at least 4 members (excludes halogenated alkanes) is 1. The lowest BCUT2D eigenvalue weighted by Gasteiger charge is -2.56. The van der Waals surface area contributed by atoms with Crippen LogP contribution in [0, 0.1) is 23.2 Å². The second-order valence-electron chi connectivity index (χ2n) is 9.00. The Labute approximate surface area is 146 Å². The topological polar surface area (TPSA) is 37.3 Å². The molecule has 4 rings (SSSR count). The third kappa shape index (κ3) is 2.29. The maximum Gasteiger partial charge on any atom is 0.155 e. The molecular formula is C22H32O2. The molecule has 0 saturated heterocycles. The van der Waals surface area contributed by atoms with Crippen LogP contribution in [0.1, 0.15) is 78.1 Å². The Morgan fingerprint density at radius 2 is 2.04 bits per heavy atom. The molecule has 132 valence electrons. The van der Waals surface area contributed by atoms with Gasteiger partial charge in [0.05, 0.1) is 5.60 Å². The number of carbonyl (C=O) groups is 1. The van der Waals surface area contributed by atoms with E-state index in [0.717, 1.165) is 18.4 Å². The smallest absolute Gasteiger partial charge is 0.155 e. The van der Waals surface area contributed by atoms with Gasteiger partial charge in [0.1, 0.15) is 0 Å². The van der Waals surface area contributed by atoms with Gasteiger partial charge in [0.2, 0.25) is 0 Å². The van der Waals surface area contributed by atoms with Gasteiger partial charge in [-0.15, -0.1) is 0 Å². The number of aliphatic hydroxyl groups is 1. The predicted molar refractivity (Wildman–Crippen MR) is 96.5 cm³/mol. The summed E-state index contributed by atoms with van der Waals surface area (Å²) in [6.45, 7) is 4.78. The van der Waals surface area contributed by atoms with Crippen LogP contribution in [0.25, 0.3) is 0 Å². The van der Waals surface area contributed by atoms with Crippen molar-refractivity contribution in [3.63, 3.8) is 0 Å². The van der Waals surface area contributed by atoms with Crippen LogP contribution >= 0.6 is 0 Å². The molecule has 5 atom stereocenters. The lowest BCUT2D eigenvalue weighted by Crippen LogP contribution is -2.55. The summed E-state index contributed by atoms with van der Waals surface area (Å²) in [5, 5.41) is 11.5. The first kappa shape index (κ1) is 16.6. The van der Waals surface area contributed by atoms with Gasteiger partial charge in [0.15, 0.2) is 5.78 Å². The van der Waals surface area contributed by atoms with E-state index in [2.05, 4.69) is 19.9 Å². The zero-order valence-corrected chi connectivity index (χ0v) is 15.3. The molecule has 0 bridgehead atoms. The zero-order valence-electron chi connectivity index (χ0n) is 15.3. The summed E-state index contributed by atoms with van der Waals surface area (Å²) in [7, 11) is 0. The second-order valence-corrected chi connectivity index (χ2v) is 9.00. The zero-order chi connectivity index (χ0) is 16.9. The molecule has 2 fully saturated rings. The van der Waals surface area contributed by atoms with E-state index in [9.17, 15) is 9.90 Å². The predicted octanol–water partition coefficient (Wildman–Crippen LogP) is 4.97. The molecule has 5 unspecified atom stereocenters. The average molecular weight is 328 g/mol. The van der Waals surface area contributed by atoms with E-state index in [1.165, 1.54) is 38.5 Å². The van der Waals surface area contributed by atoms with Crippen LogP contribution in [-0.4, -0.2) is 16.5 Å². The van der Waals surface area contributed by atoms with E-state index in [4.69, 9.17) is 0 Å². The SMILES string of the molecule is CCCCC1=CCC2C3CCC4=CC(=O)CCC4(O)C3CCC12C. The van der Waals surface area contributed by atoms with Crippen molar-refractivity contribution in [2.45, 2.75) is 83.7 Å². The van der Waals surface area contributed by atoms with Crippen molar-refractivity contribution in [1.29, 1.82) is 0 Å². The quantitative estimate of drug-likeness (QED) is 0.743. The standard InChI is InChI=1S/C22H32O2/c1-3-4-5-15-7-9-19-18-8-6-16-14-17(23)10-13-22(16,24)20(18)11-12-21(15,19)2/h7,14,18-20,24H,3-6,8-13H2,1-2H3.